The van der Waals surface area contributed by atoms with Gasteiger partial charge >= 0.3 is 0 Å². The van der Waals surface area contributed by atoms with Gasteiger partial charge in [-0.1, -0.05) is 36.4 Å². The van der Waals surface area contributed by atoms with Gasteiger partial charge in [0.05, 0.1) is 5.69 Å². The van der Waals surface area contributed by atoms with Crippen LogP contribution in [0.2, 0.25) is 0 Å². The van der Waals surface area contributed by atoms with Crippen LogP contribution < -0.4 is 0 Å². The second-order valence-corrected chi connectivity index (χ2v) is 5.24. The fourth-order valence-corrected chi connectivity index (χ4v) is 2.74. The summed E-state index contributed by atoms with van der Waals surface area (Å²) in [6.07, 6.45) is 6.38. The molecular formula is C20H16N2. The van der Waals surface area contributed by atoms with Crippen LogP contribution in [0.5, 0.6) is 0 Å². The van der Waals surface area contributed by atoms with E-state index in [1.807, 2.05) is 12.1 Å². The molecule has 0 radical (unpaired) electrons. The van der Waals surface area contributed by atoms with Crippen LogP contribution in [0.4, 0.5) is 0 Å². The summed E-state index contributed by atoms with van der Waals surface area (Å²) >= 11 is 0. The second kappa shape index (κ2) is 5.41. The first kappa shape index (κ1) is 12.7. The molecule has 0 aliphatic heterocycles. The van der Waals surface area contributed by atoms with Gasteiger partial charge < -0.3 is 9.13 Å². The van der Waals surface area contributed by atoms with Crippen LogP contribution in [0.15, 0.2) is 97.5 Å². The number of benzene rings is 2. The molecule has 0 bridgehead atoms. The van der Waals surface area contributed by atoms with Gasteiger partial charge in [-0.05, 0) is 42.5 Å². The molecule has 2 heterocycles. The lowest BCUT2D eigenvalue weighted by Crippen LogP contribution is -1.94. The Morgan fingerprint density at radius 1 is 0.545 bits per heavy atom. The van der Waals surface area contributed by atoms with Crippen molar-refractivity contribution in [1.29, 1.82) is 0 Å². The Balaban J connectivity index is 1.76. The molecule has 0 atom stereocenters. The first-order valence-electron chi connectivity index (χ1n) is 7.38. The molecule has 2 nitrogen and oxygen atoms in total. The Morgan fingerprint density at radius 2 is 1.23 bits per heavy atom. The summed E-state index contributed by atoms with van der Waals surface area (Å²) in [4.78, 5) is 0. The van der Waals surface area contributed by atoms with Crippen molar-refractivity contribution in [2.24, 2.45) is 0 Å². The standard InChI is InChI=1S/C20H16N2/c1-3-8-18(9-4-1)21-15-13-17(16-21)20-12-7-14-22(20)19-10-5-2-6-11-19/h1-16H. The molecule has 0 fully saturated rings. The molecule has 22 heavy (non-hydrogen) atoms. The molecule has 2 aromatic heterocycles. The summed E-state index contributed by atoms with van der Waals surface area (Å²) in [5.41, 5.74) is 4.75. The molecule has 0 unspecified atom stereocenters. The number of nitrogens with zero attached hydrogens (tertiary/aromatic N) is 2. The fourth-order valence-electron chi connectivity index (χ4n) is 2.74. The smallest absolute Gasteiger partial charge is 0.0543 e. The topological polar surface area (TPSA) is 9.86 Å². The van der Waals surface area contributed by atoms with Gasteiger partial charge in [-0.25, -0.2) is 0 Å². The predicted octanol–water partition coefficient (Wildman–Crippen LogP) is 4.94. The lowest BCUT2D eigenvalue weighted by molar-refractivity contribution is 1.07. The lowest BCUT2D eigenvalue weighted by Gasteiger charge is -2.08. The first-order chi connectivity index (χ1) is 10.9. The highest BCUT2D eigenvalue weighted by molar-refractivity contribution is 5.63. The highest BCUT2D eigenvalue weighted by Crippen LogP contribution is 2.25. The van der Waals surface area contributed by atoms with Crippen LogP contribution in [0.1, 0.15) is 0 Å². The molecular weight excluding hydrogens is 268 g/mol. The van der Waals surface area contributed by atoms with E-state index < -0.39 is 0 Å². The highest BCUT2D eigenvalue weighted by atomic mass is 15.0. The van der Waals surface area contributed by atoms with Crippen LogP contribution >= 0.6 is 0 Å². The summed E-state index contributed by atoms with van der Waals surface area (Å²) in [6, 6.07) is 27.2. The molecule has 0 saturated heterocycles. The average molecular weight is 284 g/mol. The van der Waals surface area contributed by atoms with Gasteiger partial charge in [0, 0.05) is 35.5 Å². The minimum absolute atomic E-state index is 1.17. The Morgan fingerprint density at radius 3 is 1.95 bits per heavy atom. The molecule has 0 N–H and O–H groups in total. The third-order valence-corrected chi connectivity index (χ3v) is 3.83. The SMILES string of the molecule is c1ccc(-n2ccc(-c3cccn3-c3ccccc3)c2)cc1. The molecule has 4 rings (SSSR count). The van der Waals surface area contributed by atoms with E-state index >= 15 is 0 Å². The van der Waals surface area contributed by atoms with Gasteiger partial charge in [-0.2, -0.15) is 0 Å². The Kier molecular flexibility index (Phi) is 3.13. The summed E-state index contributed by atoms with van der Waals surface area (Å²) in [5, 5.41) is 0. The highest BCUT2D eigenvalue weighted by Gasteiger charge is 2.07. The van der Waals surface area contributed by atoms with E-state index in [9.17, 15) is 0 Å². The van der Waals surface area contributed by atoms with Gasteiger partial charge in [0.1, 0.15) is 0 Å². The van der Waals surface area contributed by atoms with E-state index in [-0.39, 0.29) is 0 Å². The molecule has 0 saturated carbocycles. The predicted molar refractivity (Wildman–Crippen MR) is 90.5 cm³/mol. The molecule has 2 aromatic carbocycles. The quantitative estimate of drug-likeness (QED) is 0.504. The first-order valence-corrected chi connectivity index (χ1v) is 7.38. The third-order valence-electron chi connectivity index (χ3n) is 3.83. The lowest BCUT2D eigenvalue weighted by atomic mass is 10.2. The van der Waals surface area contributed by atoms with Crippen molar-refractivity contribution in [2.75, 3.05) is 0 Å². The number of aromatic nitrogens is 2. The van der Waals surface area contributed by atoms with Crippen LogP contribution in [-0.4, -0.2) is 9.13 Å². The van der Waals surface area contributed by atoms with E-state index in [0.29, 0.717) is 0 Å². The van der Waals surface area contributed by atoms with Crippen LogP contribution in [0.3, 0.4) is 0 Å². The zero-order valence-corrected chi connectivity index (χ0v) is 12.1. The number of hydrogen-bond acceptors (Lipinski definition) is 0. The van der Waals surface area contributed by atoms with Crippen molar-refractivity contribution in [3.63, 3.8) is 0 Å². The zero-order valence-electron chi connectivity index (χ0n) is 12.1. The van der Waals surface area contributed by atoms with Crippen molar-refractivity contribution in [3.8, 4) is 22.6 Å². The van der Waals surface area contributed by atoms with E-state index in [2.05, 4.69) is 94.5 Å². The van der Waals surface area contributed by atoms with Gasteiger partial charge in [0.2, 0.25) is 0 Å². The minimum atomic E-state index is 1.17. The van der Waals surface area contributed by atoms with Gasteiger partial charge in [-0.3, -0.25) is 0 Å². The summed E-state index contributed by atoms with van der Waals surface area (Å²) in [5.74, 6) is 0. The monoisotopic (exact) mass is 284 g/mol. The second-order valence-electron chi connectivity index (χ2n) is 5.24. The van der Waals surface area contributed by atoms with E-state index in [1.54, 1.807) is 0 Å². The maximum atomic E-state index is 2.21. The molecule has 0 aliphatic rings. The molecule has 106 valence electrons. The van der Waals surface area contributed by atoms with Crippen molar-refractivity contribution in [2.45, 2.75) is 0 Å². The maximum absolute atomic E-state index is 2.21. The number of para-hydroxylation sites is 2. The van der Waals surface area contributed by atoms with E-state index in [0.717, 1.165) is 0 Å². The normalized spacial score (nSPS) is 10.7. The molecule has 2 heteroatoms. The van der Waals surface area contributed by atoms with Crippen LogP contribution in [0, 0.1) is 0 Å². The molecule has 0 amide bonds. The minimum Gasteiger partial charge on any atom is -0.323 e. The molecule has 0 aliphatic carbocycles. The van der Waals surface area contributed by atoms with E-state index in [4.69, 9.17) is 0 Å². The molecule has 0 spiro atoms. The van der Waals surface area contributed by atoms with Crippen molar-refractivity contribution in [1.82, 2.24) is 9.13 Å². The Hall–Kier alpha value is -3.00. The molecule has 4 aromatic rings. The van der Waals surface area contributed by atoms with Crippen LogP contribution in [0.25, 0.3) is 22.6 Å². The fraction of sp³-hybridized carbons (Fsp3) is 0. The van der Waals surface area contributed by atoms with Gasteiger partial charge in [0.15, 0.2) is 0 Å². The largest absolute Gasteiger partial charge is 0.323 e. The summed E-state index contributed by atoms with van der Waals surface area (Å²) in [7, 11) is 0. The Bertz CT molecular complexity index is 870. The van der Waals surface area contributed by atoms with Crippen molar-refractivity contribution < 1.29 is 0 Å². The van der Waals surface area contributed by atoms with Gasteiger partial charge in [0.25, 0.3) is 0 Å². The third kappa shape index (κ3) is 2.25. The van der Waals surface area contributed by atoms with Crippen LogP contribution in [-0.2, 0) is 0 Å². The van der Waals surface area contributed by atoms with Crippen molar-refractivity contribution in [3.05, 3.63) is 97.5 Å². The van der Waals surface area contributed by atoms with Gasteiger partial charge in [-0.15, -0.1) is 0 Å². The zero-order chi connectivity index (χ0) is 14.8. The Labute approximate surface area is 129 Å². The average Bonchev–Trinajstić information content (AvgIpc) is 3.25. The summed E-state index contributed by atoms with van der Waals surface area (Å²) in [6.45, 7) is 0. The number of hydrogen-bond donors (Lipinski definition) is 0. The van der Waals surface area contributed by atoms with E-state index in [1.165, 1.54) is 22.6 Å². The maximum Gasteiger partial charge on any atom is 0.0543 e. The van der Waals surface area contributed by atoms with Crippen molar-refractivity contribution >= 4 is 0 Å². The number of rotatable bonds is 3. The summed E-state index contributed by atoms with van der Waals surface area (Å²) < 4.78 is 4.36.